The Hall–Kier alpha value is -1.85. The van der Waals surface area contributed by atoms with Crippen molar-refractivity contribution in [3.63, 3.8) is 0 Å². The van der Waals surface area contributed by atoms with Crippen LogP contribution in [-0.2, 0) is 14.3 Å². The Morgan fingerprint density at radius 3 is 2.32 bits per heavy atom. The number of hydrogen-bond acceptors (Lipinski definition) is 5. The number of Topliss-reactive ketones (excluding diaryl/α,β-unsaturated/α-hetero) is 2. The fourth-order valence-electron chi connectivity index (χ4n) is 3.39. The average molecular weight is 350 g/mol. The van der Waals surface area contributed by atoms with E-state index in [2.05, 4.69) is 5.43 Å². The molecule has 0 spiro atoms. The van der Waals surface area contributed by atoms with Crippen LogP contribution >= 0.6 is 0 Å². The molecule has 1 saturated carbocycles. The van der Waals surface area contributed by atoms with Crippen molar-refractivity contribution in [3.05, 3.63) is 11.3 Å². The third-order valence-corrected chi connectivity index (χ3v) is 4.60. The van der Waals surface area contributed by atoms with Gasteiger partial charge in [0.25, 0.3) is 0 Å². The lowest BCUT2D eigenvalue weighted by Gasteiger charge is -2.29. The van der Waals surface area contributed by atoms with Crippen LogP contribution in [-0.4, -0.2) is 35.3 Å². The van der Waals surface area contributed by atoms with Crippen LogP contribution in [0.25, 0.3) is 0 Å². The van der Waals surface area contributed by atoms with Gasteiger partial charge in [0.05, 0.1) is 5.57 Å². The molecule has 0 saturated heterocycles. The van der Waals surface area contributed by atoms with Gasteiger partial charge in [0, 0.05) is 25.1 Å². The Kier molecular flexibility index (Phi) is 6.25. The van der Waals surface area contributed by atoms with Crippen molar-refractivity contribution in [1.82, 2.24) is 10.4 Å². The second-order valence-corrected chi connectivity index (χ2v) is 7.98. The van der Waals surface area contributed by atoms with Gasteiger partial charge in [0.2, 0.25) is 0 Å². The van der Waals surface area contributed by atoms with Crippen molar-refractivity contribution in [2.45, 2.75) is 77.7 Å². The highest BCUT2D eigenvalue weighted by Gasteiger charge is 2.33. The summed E-state index contributed by atoms with van der Waals surface area (Å²) in [6.07, 6.45) is 6.07. The normalized spacial score (nSPS) is 19.6. The Morgan fingerprint density at radius 1 is 1.08 bits per heavy atom. The summed E-state index contributed by atoms with van der Waals surface area (Å²) in [5.74, 6) is -0.221. The molecule has 6 nitrogen and oxygen atoms in total. The Balaban J connectivity index is 2.16. The number of carbonyl (C=O) groups excluding carboxylic acids is 3. The van der Waals surface area contributed by atoms with E-state index in [0.717, 1.165) is 32.1 Å². The fraction of sp³-hybridized carbons (Fsp3) is 0.737. The van der Waals surface area contributed by atoms with Crippen molar-refractivity contribution in [1.29, 1.82) is 0 Å². The molecule has 0 unspecified atom stereocenters. The van der Waals surface area contributed by atoms with E-state index < -0.39 is 11.7 Å². The molecule has 25 heavy (non-hydrogen) atoms. The zero-order valence-electron chi connectivity index (χ0n) is 15.8. The van der Waals surface area contributed by atoms with E-state index in [1.807, 2.05) is 0 Å². The molecule has 140 valence electrons. The van der Waals surface area contributed by atoms with Gasteiger partial charge in [-0.15, -0.1) is 0 Å². The first-order valence-corrected chi connectivity index (χ1v) is 9.23. The molecule has 6 heteroatoms. The molecule has 1 fully saturated rings. The fourth-order valence-corrected chi connectivity index (χ4v) is 3.39. The molecule has 0 aliphatic heterocycles. The lowest BCUT2D eigenvalue weighted by Crippen LogP contribution is -2.44. The van der Waals surface area contributed by atoms with Gasteiger partial charge >= 0.3 is 6.09 Å². The molecular formula is C19H30N2O4. The van der Waals surface area contributed by atoms with E-state index >= 15 is 0 Å². The second-order valence-electron chi connectivity index (χ2n) is 7.98. The third-order valence-electron chi connectivity index (χ3n) is 4.60. The van der Waals surface area contributed by atoms with Gasteiger partial charge < -0.3 is 4.74 Å². The SMILES string of the molecule is CN(NC1=C(C(=O)C2CCCCC2)C(=O)CCC1)C(=O)OC(C)(C)C. The number of hydrazine groups is 1. The summed E-state index contributed by atoms with van der Waals surface area (Å²) in [6, 6.07) is 0. The summed E-state index contributed by atoms with van der Waals surface area (Å²) >= 11 is 0. The third kappa shape index (κ3) is 5.31. The number of rotatable bonds is 4. The maximum absolute atomic E-state index is 12.9. The summed E-state index contributed by atoms with van der Waals surface area (Å²) in [5, 5.41) is 1.22. The molecule has 1 amide bonds. The van der Waals surface area contributed by atoms with Crippen molar-refractivity contribution >= 4 is 17.7 Å². The largest absolute Gasteiger partial charge is 0.442 e. The quantitative estimate of drug-likeness (QED) is 0.620. The number of amides is 1. The number of nitrogens with one attached hydrogen (secondary N) is 1. The first-order valence-electron chi connectivity index (χ1n) is 9.23. The van der Waals surface area contributed by atoms with E-state index in [9.17, 15) is 14.4 Å². The molecule has 0 aromatic rings. The van der Waals surface area contributed by atoms with Gasteiger partial charge in [-0.05, 0) is 46.5 Å². The number of ketones is 2. The zero-order valence-corrected chi connectivity index (χ0v) is 15.8. The van der Waals surface area contributed by atoms with Crippen molar-refractivity contribution in [2.24, 2.45) is 5.92 Å². The van der Waals surface area contributed by atoms with Crippen molar-refractivity contribution < 1.29 is 19.1 Å². The smallest absolute Gasteiger partial charge is 0.428 e. The molecule has 0 aromatic heterocycles. The van der Waals surface area contributed by atoms with Gasteiger partial charge in [-0.2, -0.15) is 0 Å². The van der Waals surface area contributed by atoms with Crippen LogP contribution in [0.15, 0.2) is 11.3 Å². The number of carbonyl (C=O) groups is 3. The second kappa shape index (κ2) is 8.02. The summed E-state index contributed by atoms with van der Waals surface area (Å²) in [7, 11) is 1.54. The van der Waals surface area contributed by atoms with Gasteiger partial charge in [-0.3, -0.25) is 15.0 Å². The van der Waals surface area contributed by atoms with Crippen LogP contribution in [0.4, 0.5) is 4.79 Å². The minimum absolute atomic E-state index is 0.0514. The van der Waals surface area contributed by atoms with E-state index in [4.69, 9.17) is 4.74 Å². The first-order chi connectivity index (χ1) is 11.7. The maximum Gasteiger partial charge on any atom is 0.428 e. The minimum atomic E-state index is -0.607. The molecule has 0 radical (unpaired) electrons. The number of allylic oxidation sites excluding steroid dienone is 2. The maximum atomic E-state index is 12.9. The van der Waals surface area contributed by atoms with E-state index in [1.165, 1.54) is 5.01 Å². The number of ether oxygens (including phenoxy) is 1. The zero-order chi connectivity index (χ0) is 18.6. The van der Waals surface area contributed by atoms with Crippen LogP contribution in [0.3, 0.4) is 0 Å². The first kappa shape index (κ1) is 19.5. The van der Waals surface area contributed by atoms with Crippen LogP contribution in [0, 0.1) is 5.92 Å². The highest BCUT2D eigenvalue weighted by atomic mass is 16.6. The molecule has 2 aliphatic carbocycles. The van der Waals surface area contributed by atoms with Crippen molar-refractivity contribution in [3.8, 4) is 0 Å². The monoisotopic (exact) mass is 350 g/mol. The molecule has 0 aromatic carbocycles. The molecule has 0 bridgehead atoms. The summed E-state index contributed by atoms with van der Waals surface area (Å²) in [4.78, 5) is 37.5. The number of hydrogen-bond donors (Lipinski definition) is 1. The Labute approximate surface area is 149 Å². The molecule has 0 atom stereocenters. The van der Waals surface area contributed by atoms with Crippen molar-refractivity contribution in [2.75, 3.05) is 7.05 Å². The van der Waals surface area contributed by atoms with Gasteiger partial charge in [0.1, 0.15) is 5.60 Å². The minimum Gasteiger partial charge on any atom is -0.442 e. The summed E-state index contributed by atoms with van der Waals surface area (Å²) in [6.45, 7) is 5.38. The Morgan fingerprint density at radius 2 is 1.72 bits per heavy atom. The van der Waals surface area contributed by atoms with E-state index in [-0.39, 0.29) is 23.1 Å². The molecule has 2 aliphatic rings. The molecule has 1 N–H and O–H groups in total. The molecule has 0 heterocycles. The van der Waals surface area contributed by atoms with E-state index in [0.29, 0.717) is 25.0 Å². The van der Waals surface area contributed by atoms with Gasteiger partial charge in [0.15, 0.2) is 11.6 Å². The summed E-state index contributed by atoms with van der Waals surface area (Å²) < 4.78 is 5.31. The predicted octanol–water partition coefficient (Wildman–Crippen LogP) is 3.51. The molecular weight excluding hydrogens is 320 g/mol. The average Bonchev–Trinajstić information content (AvgIpc) is 2.53. The highest BCUT2D eigenvalue weighted by Crippen LogP contribution is 2.30. The van der Waals surface area contributed by atoms with E-state index in [1.54, 1.807) is 27.8 Å². The van der Waals surface area contributed by atoms with Gasteiger partial charge in [-0.25, -0.2) is 9.80 Å². The Bertz CT molecular complexity index is 568. The van der Waals surface area contributed by atoms with Crippen LogP contribution in [0.5, 0.6) is 0 Å². The summed E-state index contributed by atoms with van der Waals surface area (Å²) in [5.41, 5.74) is 3.16. The van der Waals surface area contributed by atoms with Crippen LogP contribution in [0.1, 0.15) is 72.1 Å². The molecule has 2 rings (SSSR count). The predicted molar refractivity (Wildman–Crippen MR) is 94.6 cm³/mol. The number of nitrogens with zero attached hydrogens (tertiary/aromatic N) is 1. The van der Waals surface area contributed by atoms with Gasteiger partial charge in [-0.1, -0.05) is 19.3 Å². The topological polar surface area (TPSA) is 75.7 Å². The van der Waals surface area contributed by atoms with Crippen LogP contribution in [0.2, 0.25) is 0 Å². The highest BCUT2D eigenvalue weighted by molar-refractivity contribution is 6.21. The van der Waals surface area contributed by atoms with Crippen LogP contribution < -0.4 is 5.43 Å². The standard InChI is InChI=1S/C19H30N2O4/c1-19(2,3)25-18(24)21(4)20-14-11-8-12-15(22)16(14)17(23)13-9-6-5-7-10-13/h13,20H,5-12H2,1-4H3. The lowest BCUT2D eigenvalue weighted by atomic mass is 9.80. The lowest BCUT2D eigenvalue weighted by molar-refractivity contribution is -0.124.